The lowest BCUT2D eigenvalue weighted by Crippen LogP contribution is -2.46. The highest BCUT2D eigenvalue weighted by molar-refractivity contribution is 5.77. The number of carbonyl (C=O) groups excluding carboxylic acids is 2. The second-order valence-electron chi connectivity index (χ2n) is 18.0. The van der Waals surface area contributed by atoms with Crippen LogP contribution in [0.2, 0.25) is 0 Å². The molecule has 63 heavy (non-hydrogen) atoms. The van der Waals surface area contributed by atoms with Crippen molar-refractivity contribution in [3.05, 3.63) is 72.9 Å². The first-order valence-electron chi connectivity index (χ1n) is 26.7. The summed E-state index contributed by atoms with van der Waals surface area (Å²) in [4.78, 5) is 26.2. The number of nitrogens with one attached hydrogen (secondary N) is 1. The SMILES string of the molecule is CC/C=C/C=C/C=C/C=C\CCCCCCCC(=O)OC(CCCCCCC/C=C\C/C=C\CCCCC)CC(=O)NC(CO)C(O)CCCCCCCCCCCCCCCC. The Balaban J connectivity index is 4.65. The Morgan fingerprint density at radius 2 is 0.921 bits per heavy atom. The maximum absolute atomic E-state index is 13.2. The number of rotatable bonds is 47. The van der Waals surface area contributed by atoms with Gasteiger partial charge in [-0.15, -0.1) is 0 Å². The zero-order chi connectivity index (χ0) is 45.9. The van der Waals surface area contributed by atoms with E-state index in [0.29, 0.717) is 19.3 Å². The Kier molecular flexibility index (Phi) is 48.1. The van der Waals surface area contributed by atoms with Crippen molar-refractivity contribution in [2.45, 2.75) is 270 Å². The lowest BCUT2D eigenvalue weighted by molar-refractivity contribution is -0.151. The summed E-state index contributed by atoms with van der Waals surface area (Å²) in [5.74, 6) is -0.513. The Morgan fingerprint density at radius 1 is 0.492 bits per heavy atom. The summed E-state index contributed by atoms with van der Waals surface area (Å²) in [5, 5.41) is 23.8. The molecule has 6 heteroatoms. The smallest absolute Gasteiger partial charge is 0.306 e. The minimum Gasteiger partial charge on any atom is -0.462 e. The van der Waals surface area contributed by atoms with Crippen molar-refractivity contribution in [1.29, 1.82) is 0 Å². The zero-order valence-corrected chi connectivity index (χ0v) is 41.4. The molecular formula is C57H101NO5. The molecule has 6 nitrogen and oxygen atoms in total. The molecule has 0 spiro atoms. The molecule has 0 saturated heterocycles. The summed E-state index contributed by atoms with van der Waals surface area (Å²) in [7, 11) is 0. The Morgan fingerprint density at radius 3 is 1.46 bits per heavy atom. The summed E-state index contributed by atoms with van der Waals surface area (Å²) < 4.78 is 5.93. The van der Waals surface area contributed by atoms with E-state index in [2.05, 4.69) is 80.8 Å². The van der Waals surface area contributed by atoms with E-state index >= 15 is 0 Å². The maximum atomic E-state index is 13.2. The topological polar surface area (TPSA) is 95.9 Å². The van der Waals surface area contributed by atoms with E-state index in [-0.39, 0.29) is 24.9 Å². The van der Waals surface area contributed by atoms with Crippen molar-refractivity contribution in [1.82, 2.24) is 5.32 Å². The van der Waals surface area contributed by atoms with Gasteiger partial charge in [-0.1, -0.05) is 235 Å². The average Bonchev–Trinajstić information content (AvgIpc) is 3.28. The highest BCUT2D eigenvalue weighted by Crippen LogP contribution is 2.18. The fourth-order valence-electron chi connectivity index (χ4n) is 7.82. The Bertz CT molecular complexity index is 1170. The van der Waals surface area contributed by atoms with Crippen LogP contribution in [0.1, 0.15) is 252 Å². The van der Waals surface area contributed by atoms with Gasteiger partial charge in [-0.2, -0.15) is 0 Å². The molecule has 0 aliphatic carbocycles. The second kappa shape index (κ2) is 50.3. The third-order valence-corrected chi connectivity index (χ3v) is 11.9. The number of hydrogen-bond acceptors (Lipinski definition) is 5. The largest absolute Gasteiger partial charge is 0.462 e. The van der Waals surface area contributed by atoms with Crippen molar-refractivity contribution in [2.24, 2.45) is 0 Å². The van der Waals surface area contributed by atoms with E-state index in [0.717, 1.165) is 96.3 Å². The molecule has 0 aliphatic rings. The minimum atomic E-state index is -0.799. The number of hydrogen-bond donors (Lipinski definition) is 3. The Labute approximate surface area is 390 Å². The first kappa shape index (κ1) is 60.3. The van der Waals surface area contributed by atoms with Crippen LogP contribution >= 0.6 is 0 Å². The predicted molar refractivity (Wildman–Crippen MR) is 273 cm³/mol. The highest BCUT2D eigenvalue weighted by atomic mass is 16.5. The van der Waals surface area contributed by atoms with E-state index in [9.17, 15) is 19.8 Å². The number of unbranched alkanes of at least 4 members (excludes halogenated alkanes) is 26. The summed E-state index contributed by atoms with van der Waals surface area (Å²) in [6.45, 7) is 6.32. The van der Waals surface area contributed by atoms with Crippen molar-refractivity contribution < 1.29 is 24.5 Å². The van der Waals surface area contributed by atoms with Crippen LogP contribution in [0, 0.1) is 0 Å². The molecule has 0 saturated carbocycles. The van der Waals surface area contributed by atoms with Crippen LogP contribution in [-0.2, 0) is 14.3 Å². The number of esters is 1. The molecule has 0 radical (unpaired) electrons. The van der Waals surface area contributed by atoms with E-state index in [1.54, 1.807) is 0 Å². The number of aliphatic hydroxyl groups excluding tert-OH is 2. The Hall–Kier alpha value is -2.70. The maximum Gasteiger partial charge on any atom is 0.306 e. The van der Waals surface area contributed by atoms with Crippen LogP contribution in [0.3, 0.4) is 0 Å². The molecule has 3 N–H and O–H groups in total. The molecule has 0 fully saturated rings. The van der Waals surface area contributed by atoms with Gasteiger partial charge in [0, 0.05) is 6.42 Å². The van der Waals surface area contributed by atoms with Crippen molar-refractivity contribution in [2.75, 3.05) is 6.61 Å². The molecule has 0 bridgehead atoms. The van der Waals surface area contributed by atoms with Crippen molar-refractivity contribution in [3.8, 4) is 0 Å². The van der Waals surface area contributed by atoms with Crippen molar-refractivity contribution >= 4 is 11.9 Å². The van der Waals surface area contributed by atoms with Crippen LogP contribution in [0.4, 0.5) is 0 Å². The van der Waals surface area contributed by atoms with E-state index in [1.807, 2.05) is 18.2 Å². The predicted octanol–water partition coefficient (Wildman–Crippen LogP) is 16.2. The van der Waals surface area contributed by atoms with Gasteiger partial charge in [0.15, 0.2) is 0 Å². The van der Waals surface area contributed by atoms with Crippen LogP contribution in [-0.4, -0.2) is 46.9 Å². The van der Waals surface area contributed by atoms with Crippen molar-refractivity contribution in [3.63, 3.8) is 0 Å². The third-order valence-electron chi connectivity index (χ3n) is 11.9. The molecule has 1 amide bonds. The van der Waals surface area contributed by atoms with Gasteiger partial charge in [0.25, 0.3) is 0 Å². The normalized spacial score (nSPS) is 13.8. The van der Waals surface area contributed by atoms with E-state index in [1.165, 1.54) is 109 Å². The summed E-state index contributed by atoms with van der Waals surface area (Å²) in [6, 6.07) is -0.714. The second-order valence-corrected chi connectivity index (χ2v) is 18.0. The molecular weight excluding hydrogens is 779 g/mol. The molecule has 0 aromatic carbocycles. The van der Waals surface area contributed by atoms with E-state index in [4.69, 9.17) is 4.74 Å². The molecule has 364 valence electrons. The molecule has 0 aromatic rings. The van der Waals surface area contributed by atoms with Gasteiger partial charge >= 0.3 is 5.97 Å². The van der Waals surface area contributed by atoms with E-state index < -0.39 is 18.2 Å². The third kappa shape index (κ3) is 45.7. The number of allylic oxidation sites excluding steroid dienone is 12. The lowest BCUT2D eigenvalue weighted by Gasteiger charge is -2.24. The van der Waals surface area contributed by atoms with Crippen LogP contribution < -0.4 is 5.32 Å². The van der Waals surface area contributed by atoms with Gasteiger partial charge < -0.3 is 20.3 Å². The van der Waals surface area contributed by atoms with Gasteiger partial charge in [0.1, 0.15) is 6.10 Å². The zero-order valence-electron chi connectivity index (χ0n) is 41.4. The summed E-state index contributed by atoms with van der Waals surface area (Å²) in [5.41, 5.74) is 0. The number of ether oxygens (including phenoxy) is 1. The molecule has 3 unspecified atom stereocenters. The molecule has 0 aromatic heterocycles. The first-order chi connectivity index (χ1) is 31.0. The number of aliphatic hydroxyl groups is 2. The number of amides is 1. The average molecular weight is 880 g/mol. The van der Waals surface area contributed by atoms with Gasteiger partial charge in [0.2, 0.25) is 5.91 Å². The van der Waals surface area contributed by atoms with Gasteiger partial charge in [-0.25, -0.2) is 0 Å². The quantitative estimate of drug-likeness (QED) is 0.0245. The minimum absolute atomic E-state index is 0.0561. The fraction of sp³-hybridized carbons (Fsp3) is 0.754. The first-order valence-corrected chi connectivity index (χ1v) is 26.7. The monoisotopic (exact) mass is 880 g/mol. The fourth-order valence-corrected chi connectivity index (χ4v) is 7.82. The molecule has 0 rings (SSSR count). The standard InChI is InChI=1S/C57H101NO5/c1-4-7-10-13-16-19-22-25-28-30-33-36-39-42-45-48-53(63-57(62)50-47-44-41-38-35-32-29-26-23-20-17-14-11-8-5-2)51-56(61)58-54(52-59)55(60)49-46-43-40-37-34-31-27-24-21-18-15-12-9-6-3/h8,11,14,16-17,19-20,23,25-26,28-29,53-55,59-60H,4-7,9-10,12-13,15,18,21-22,24,27,30-52H2,1-3H3,(H,58,61)/b11-8+,17-14+,19-16-,23-20+,28-25-,29-26-. The highest BCUT2D eigenvalue weighted by Gasteiger charge is 2.24. The summed E-state index contributed by atoms with van der Waals surface area (Å²) in [6.07, 6.45) is 63.8. The van der Waals surface area contributed by atoms with Crippen LogP contribution in [0.5, 0.6) is 0 Å². The van der Waals surface area contributed by atoms with Crippen LogP contribution in [0.25, 0.3) is 0 Å². The molecule has 0 aliphatic heterocycles. The molecule has 0 heterocycles. The van der Waals surface area contributed by atoms with Crippen LogP contribution in [0.15, 0.2) is 72.9 Å². The van der Waals surface area contributed by atoms with Gasteiger partial charge in [0.05, 0.1) is 25.2 Å². The summed E-state index contributed by atoms with van der Waals surface area (Å²) >= 11 is 0. The lowest BCUT2D eigenvalue weighted by atomic mass is 10.0. The number of carbonyl (C=O) groups is 2. The van der Waals surface area contributed by atoms with Gasteiger partial charge in [-0.05, 0) is 77.0 Å². The van der Waals surface area contributed by atoms with Gasteiger partial charge in [-0.3, -0.25) is 9.59 Å². The molecule has 3 atom stereocenters.